The van der Waals surface area contributed by atoms with E-state index in [4.69, 9.17) is 9.47 Å². The van der Waals surface area contributed by atoms with Crippen LogP contribution in [0.25, 0.3) is 11.1 Å². The molecule has 0 spiro atoms. The zero-order valence-corrected chi connectivity index (χ0v) is 16.7. The maximum absolute atomic E-state index is 12.5. The molecule has 0 saturated carbocycles. The average Bonchev–Trinajstić information content (AvgIpc) is 3.23. The number of anilines is 1. The number of ether oxygens (including phenoxy) is 2. The number of hydrogen-bond donors (Lipinski definition) is 0. The maximum Gasteiger partial charge on any atom is 0.339 e. The van der Waals surface area contributed by atoms with E-state index in [2.05, 4.69) is 9.88 Å². The van der Waals surface area contributed by atoms with Gasteiger partial charge in [-0.25, -0.2) is 9.78 Å². The van der Waals surface area contributed by atoms with Gasteiger partial charge in [-0.15, -0.1) is 0 Å². The summed E-state index contributed by atoms with van der Waals surface area (Å²) in [5, 5.41) is 0. The van der Waals surface area contributed by atoms with Crippen molar-refractivity contribution in [3.8, 4) is 17.0 Å². The number of benzene rings is 2. The summed E-state index contributed by atoms with van der Waals surface area (Å²) in [5.41, 5.74) is 4.61. The highest BCUT2D eigenvalue weighted by atomic mass is 16.5. The molecule has 0 unspecified atom stereocenters. The number of methoxy groups -OCH3 is 1. The first-order valence-corrected chi connectivity index (χ1v) is 9.76. The number of carbonyl (C=O) groups excluding carboxylic acids is 1. The Kier molecular flexibility index (Phi) is 5.47. The summed E-state index contributed by atoms with van der Waals surface area (Å²) in [6.07, 6.45) is 2.71. The van der Waals surface area contributed by atoms with Crippen LogP contribution in [0.3, 0.4) is 0 Å². The zero-order chi connectivity index (χ0) is 20.2. The fourth-order valence-corrected chi connectivity index (χ4v) is 3.63. The van der Waals surface area contributed by atoms with Gasteiger partial charge >= 0.3 is 5.97 Å². The average molecular weight is 388 g/mol. The molecule has 1 saturated heterocycles. The van der Waals surface area contributed by atoms with Crippen LogP contribution in [0.5, 0.6) is 5.88 Å². The third-order valence-electron chi connectivity index (χ3n) is 5.17. The predicted molar refractivity (Wildman–Crippen MR) is 113 cm³/mol. The molecule has 1 aliphatic heterocycles. The number of nitrogens with zero attached hydrogens (tertiary/aromatic N) is 2. The highest BCUT2D eigenvalue weighted by Crippen LogP contribution is 2.31. The number of aryl methyl sites for hydroxylation is 1. The number of esters is 1. The second-order valence-corrected chi connectivity index (χ2v) is 7.24. The Balaban J connectivity index is 1.56. The van der Waals surface area contributed by atoms with Gasteiger partial charge in [-0.2, -0.15) is 0 Å². The summed E-state index contributed by atoms with van der Waals surface area (Å²) in [5.74, 6) is 0.303. The quantitative estimate of drug-likeness (QED) is 0.602. The fourth-order valence-electron chi connectivity index (χ4n) is 3.63. The van der Waals surface area contributed by atoms with E-state index in [-0.39, 0.29) is 12.1 Å². The van der Waals surface area contributed by atoms with E-state index < -0.39 is 0 Å². The molecule has 1 aliphatic rings. The molecule has 0 bridgehead atoms. The summed E-state index contributed by atoms with van der Waals surface area (Å²) >= 11 is 0. The van der Waals surface area contributed by atoms with Gasteiger partial charge in [0.25, 0.3) is 0 Å². The Hall–Kier alpha value is -3.34. The van der Waals surface area contributed by atoms with Gasteiger partial charge in [0.05, 0.1) is 24.9 Å². The van der Waals surface area contributed by atoms with Crippen molar-refractivity contribution >= 4 is 11.7 Å². The molecule has 2 aromatic carbocycles. The van der Waals surface area contributed by atoms with Crippen molar-refractivity contribution in [2.24, 2.45) is 0 Å². The molecule has 1 fully saturated rings. The first-order chi connectivity index (χ1) is 14.1. The molecular formula is C24H24N2O3. The Labute approximate surface area is 170 Å². The monoisotopic (exact) mass is 388 g/mol. The predicted octanol–water partition coefficient (Wildman–Crippen LogP) is 4.50. The Bertz CT molecular complexity index is 987. The van der Waals surface area contributed by atoms with E-state index in [1.165, 1.54) is 7.11 Å². The Morgan fingerprint density at radius 1 is 1.07 bits per heavy atom. The van der Waals surface area contributed by atoms with Crippen molar-refractivity contribution in [2.45, 2.75) is 19.4 Å². The van der Waals surface area contributed by atoms with Crippen molar-refractivity contribution in [1.29, 1.82) is 0 Å². The van der Waals surface area contributed by atoms with E-state index in [1.54, 1.807) is 6.20 Å². The number of rotatable bonds is 5. The Morgan fingerprint density at radius 2 is 1.90 bits per heavy atom. The smallest absolute Gasteiger partial charge is 0.339 e. The molecule has 29 heavy (non-hydrogen) atoms. The molecule has 0 radical (unpaired) electrons. The molecular weight excluding hydrogens is 364 g/mol. The van der Waals surface area contributed by atoms with Crippen LogP contribution in [0.4, 0.5) is 5.69 Å². The number of aromatic nitrogens is 1. The fraction of sp³-hybridized carbons (Fsp3) is 0.250. The molecule has 0 amide bonds. The molecule has 1 aromatic heterocycles. The van der Waals surface area contributed by atoms with Gasteiger partial charge in [0.15, 0.2) is 0 Å². The van der Waals surface area contributed by atoms with Gasteiger partial charge < -0.3 is 14.4 Å². The van der Waals surface area contributed by atoms with E-state index in [9.17, 15) is 4.79 Å². The minimum atomic E-state index is -0.331. The van der Waals surface area contributed by atoms with Crippen molar-refractivity contribution < 1.29 is 14.3 Å². The van der Waals surface area contributed by atoms with Crippen molar-refractivity contribution in [3.63, 3.8) is 0 Å². The lowest BCUT2D eigenvalue weighted by Gasteiger charge is -2.22. The van der Waals surface area contributed by atoms with Gasteiger partial charge in [-0.3, -0.25) is 0 Å². The molecule has 5 heteroatoms. The van der Waals surface area contributed by atoms with Crippen molar-refractivity contribution in [3.05, 3.63) is 78.0 Å². The van der Waals surface area contributed by atoms with Crippen molar-refractivity contribution in [1.82, 2.24) is 4.98 Å². The standard InChI is InChI=1S/C24H24N2O3/c1-17-8-11-23(25-15-17)29-20-12-13-26(16-20)22-10-9-19(14-21(22)24(27)28-2)18-6-4-3-5-7-18/h3-11,14-15,20H,12-13,16H2,1-2H3/t20-/m0/s1. The second-order valence-electron chi connectivity index (χ2n) is 7.24. The van der Waals surface area contributed by atoms with Gasteiger partial charge in [-0.05, 0) is 35.7 Å². The lowest BCUT2D eigenvalue weighted by atomic mass is 10.0. The highest BCUT2D eigenvalue weighted by Gasteiger charge is 2.28. The number of pyridine rings is 1. The van der Waals surface area contributed by atoms with Crippen LogP contribution >= 0.6 is 0 Å². The van der Waals surface area contributed by atoms with Crippen LogP contribution in [-0.2, 0) is 4.74 Å². The summed E-state index contributed by atoms with van der Waals surface area (Å²) in [7, 11) is 1.42. The van der Waals surface area contributed by atoms with Gasteiger partial charge in [0.1, 0.15) is 6.10 Å². The molecule has 0 N–H and O–H groups in total. The maximum atomic E-state index is 12.5. The third kappa shape index (κ3) is 4.24. The van der Waals surface area contributed by atoms with Gasteiger partial charge in [-0.1, -0.05) is 42.5 Å². The van der Waals surface area contributed by atoms with Crippen LogP contribution in [0.15, 0.2) is 66.9 Å². The minimum Gasteiger partial charge on any atom is -0.472 e. The topological polar surface area (TPSA) is 51.7 Å². The largest absolute Gasteiger partial charge is 0.472 e. The summed E-state index contributed by atoms with van der Waals surface area (Å²) < 4.78 is 11.1. The number of carbonyl (C=O) groups is 1. The van der Waals surface area contributed by atoms with Crippen molar-refractivity contribution in [2.75, 3.05) is 25.1 Å². The Morgan fingerprint density at radius 3 is 2.62 bits per heavy atom. The van der Waals surface area contributed by atoms with Crippen LogP contribution in [0.2, 0.25) is 0 Å². The highest BCUT2D eigenvalue weighted by molar-refractivity contribution is 5.97. The SMILES string of the molecule is COC(=O)c1cc(-c2ccccc2)ccc1N1CC[C@H](Oc2ccc(C)cn2)C1. The second kappa shape index (κ2) is 8.35. The van der Waals surface area contributed by atoms with Crippen LogP contribution in [0, 0.1) is 6.92 Å². The van der Waals surface area contributed by atoms with Crippen LogP contribution in [0.1, 0.15) is 22.3 Å². The zero-order valence-electron chi connectivity index (χ0n) is 16.7. The minimum absolute atomic E-state index is 0.0319. The molecule has 148 valence electrons. The first kappa shape index (κ1) is 19.0. The molecule has 5 nitrogen and oxygen atoms in total. The van der Waals surface area contributed by atoms with E-state index in [1.807, 2.05) is 67.6 Å². The lowest BCUT2D eigenvalue weighted by Crippen LogP contribution is -2.26. The normalized spacial score (nSPS) is 15.9. The lowest BCUT2D eigenvalue weighted by molar-refractivity contribution is 0.0601. The van der Waals surface area contributed by atoms with E-state index in [0.717, 1.165) is 35.3 Å². The molecule has 0 aliphatic carbocycles. The summed E-state index contributed by atoms with van der Waals surface area (Å²) in [6.45, 7) is 3.51. The molecule has 1 atom stereocenters. The first-order valence-electron chi connectivity index (χ1n) is 9.76. The number of hydrogen-bond acceptors (Lipinski definition) is 5. The van der Waals surface area contributed by atoms with Gasteiger partial charge in [0.2, 0.25) is 5.88 Å². The molecule has 2 heterocycles. The third-order valence-corrected chi connectivity index (χ3v) is 5.17. The van der Waals surface area contributed by atoms with Crippen LogP contribution in [-0.4, -0.2) is 37.3 Å². The molecule has 4 rings (SSSR count). The molecule has 3 aromatic rings. The van der Waals surface area contributed by atoms with Crippen LogP contribution < -0.4 is 9.64 Å². The summed E-state index contributed by atoms with van der Waals surface area (Å²) in [6, 6.07) is 19.9. The van der Waals surface area contributed by atoms with E-state index >= 15 is 0 Å². The summed E-state index contributed by atoms with van der Waals surface area (Å²) in [4.78, 5) is 19.0. The van der Waals surface area contributed by atoms with Gasteiger partial charge in [0, 0.05) is 25.2 Å². The van der Waals surface area contributed by atoms with E-state index in [0.29, 0.717) is 18.0 Å².